The molecule has 68 valence electrons. The number of aromatic nitrogens is 1. The number of aromatic amines is 1. The zero-order valence-corrected chi connectivity index (χ0v) is 7.04. The molecule has 0 spiro atoms. The lowest BCUT2D eigenvalue weighted by atomic mass is 10.1. The van der Waals surface area contributed by atoms with Gasteiger partial charge in [-0.15, -0.1) is 0 Å². The van der Waals surface area contributed by atoms with Crippen molar-refractivity contribution in [2.75, 3.05) is 6.54 Å². The summed E-state index contributed by atoms with van der Waals surface area (Å²) in [6.07, 6.45) is 0.796. The minimum atomic E-state index is -0.417. The van der Waals surface area contributed by atoms with Crippen LogP contribution in [-0.4, -0.2) is 11.5 Å². The Bertz CT molecular complexity index is 470. The fourth-order valence-corrected chi connectivity index (χ4v) is 1.31. The van der Waals surface area contributed by atoms with Crippen LogP contribution in [0.25, 0.3) is 11.1 Å². The predicted octanol–water partition coefficient (Wildman–Crippen LogP) is 0.622. The third kappa shape index (κ3) is 1.48. The SMILES string of the molecule is NCCc1ccc2[nH]c(=O)oc2c1. The number of H-pyrrole nitrogens is 1. The maximum atomic E-state index is 10.8. The molecule has 4 heteroatoms. The molecule has 0 saturated heterocycles. The lowest BCUT2D eigenvalue weighted by Gasteiger charge is -1.95. The summed E-state index contributed by atoms with van der Waals surface area (Å²) in [6, 6.07) is 5.59. The van der Waals surface area contributed by atoms with E-state index in [1.807, 2.05) is 18.2 Å². The quantitative estimate of drug-likeness (QED) is 0.708. The average molecular weight is 178 g/mol. The van der Waals surface area contributed by atoms with Crippen molar-refractivity contribution in [2.45, 2.75) is 6.42 Å². The normalized spacial score (nSPS) is 10.8. The fraction of sp³-hybridized carbons (Fsp3) is 0.222. The molecule has 1 aromatic heterocycles. The molecule has 0 fully saturated rings. The van der Waals surface area contributed by atoms with Gasteiger partial charge in [0.05, 0.1) is 5.52 Å². The molecule has 0 aliphatic carbocycles. The standard InChI is InChI=1S/C9H10N2O2/c10-4-3-6-1-2-7-8(5-6)13-9(12)11-7/h1-2,5H,3-4,10H2,(H,11,12). The number of nitrogens with two attached hydrogens (primary N) is 1. The summed E-state index contributed by atoms with van der Waals surface area (Å²) >= 11 is 0. The highest BCUT2D eigenvalue weighted by molar-refractivity contribution is 5.72. The Morgan fingerprint density at radius 3 is 3.08 bits per heavy atom. The van der Waals surface area contributed by atoms with E-state index in [-0.39, 0.29) is 0 Å². The van der Waals surface area contributed by atoms with Gasteiger partial charge in [0.2, 0.25) is 0 Å². The summed E-state index contributed by atoms with van der Waals surface area (Å²) in [5.41, 5.74) is 7.81. The van der Waals surface area contributed by atoms with E-state index < -0.39 is 5.76 Å². The van der Waals surface area contributed by atoms with Crippen molar-refractivity contribution < 1.29 is 4.42 Å². The largest absolute Gasteiger partial charge is 0.417 e. The Hall–Kier alpha value is -1.55. The summed E-state index contributed by atoms with van der Waals surface area (Å²) in [6.45, 7) is 0.597. The van der Waals surface area contributed by atoms with Crippen molar-refractivity contribution in [1.29, 1.82) is 0 Å². The van der Waals surface area contributed by atoms with Gasteiger partial charge in [0.25, 0.3) is 0 Å². The van der Waals surface area contributed by atoms with Crippen LogP contribution in [-0.2, 0) is 6.42 Å². The smallest absolute Gasteiger partial charge is 0.408 e. The van der Waals surface area contributed by atoms with E-state index in [4.69, 9.17) is 10.2 Å². The van der Waals surface area contributed by atoms with Crippen molar-refractivity contribution in [3.05, 3.63) is 34.3 Å². The highest BCUT2D eigenvalue weighted by Crippen LogP contribution is 2.12. The van der Waals surface area contributed by atoms with Crippen molar-refractivity contribution >= 4 is 11.1 Å². The Balaban J connectivity index is 2.54. The molecule has 3 N–H and O–H groups in total. The topological polar surface area (TPSA) is 72.0 Å². The van der Waals surface area contributed by atoms with Crippen LogP contribution < -0.4 is 11.5 Å². The van der Waals surface area contributed by atoms with Gasteiger partial charge in [-0.05, 0) is 30.7 Å². The van der Waals surface area contributed by atoms with Gasteiger partial charge in [-0.2, -0.15) is 0 Å². The molecule has 1 aromatic carbocycles. The number of hydrogen-bond donors (Lipinski definition) is 2. The highest BCUT2D eigenvalue weighted by atomic mass is 16.4. The second-order valence-electron chi connectivity index (χ2n) is 2.88. The van der Waals surface area contributed by atoms with Crippen LogP contribution in [0, 0.1) is 0 Å². The molecule has 0 unspecified atom stereocenters. The second kappa shape index (κ2) is 3.06. The molecular formula is C9H10N2O2. The molecule has 2 rings (SSSR count). The van der Waals surface area contributed by atoms with E-state index >= 15 is 0 Å². The van der Waals surface area contributed by atoms with E-state index in [1.54, 1.807) is 0 Å². The zero-order chi connectivity index (χ0) is 9.26. The van der Waals surface area contributed by atoms with Crippen LogP contribution in [0.5, 0.6) is 0 Å². The van der Waals surface area contributed by atoms with Crippen molar-refractivity contribution in [3.8, 4) is 0 Å². The van der Waals surface area contributed by atoms with Crippen molar-refractivity contribution in [1.82, 2.24) is 4.98 Å². The third-order valence-electron chi connectivity index (χ3n) is 1.92. The fourth-order valence-electron chi connectivity index (χ4n) is 1.31. The monoisotopic (exact) mass is 178 g/mol. The molecule has 1 heterocycles. The molecule has 0 aliphatic rings. The molecule has 0 radical (unpaired) electrons. The van der Waals surface area contributed by atoms with E-state index in [2.05, 4.69) is 4.98 Å². The first kappa shape index (κ1) is 8.07. The van der Waals surface area contributed by atoms with Crippen LogP contribution in [0.4, 0.5) is 0 Å². The minimum Gasteiger partial charge on any atom is -0.408 e. The number of fused-ring (bicyclic) bond motifs is 1. The van der Waals surface area contributed by atoms with Gasteiger partial charge in [-0.1, -0.05) is 6.07 Å². The van der Waals surface area contributed by atoms with E-state index in [0.29, 0.717) is 12.1 Å². The van der Waals surface area contributed by atoms with E-state index in [1.165, 1.54) is 0 Å². The van der Waals surface area contributed by atoms with Crippen LogP contribution in [0.2, 0.25) is 0 Å². The van der Waals surface area contributed by atoms with Gasteiger partial charge in [0.15, 0.2) is 5.58 Å². The predicted molar refractivity (Wildman–Crippen MR) is 49.6 cm³/mol. The zero-order valence-electron chi connectivity index (χ0n) is 7.04. The number of nitrogens with one attached hydrogen (secondary N) is 1. The molecule has 0 bridgehead atoms. The molecule has 4 nitrogen and oxygen atoms in total. The van der Waals surface area contributed by atoms with Gasteiger partial charge in [0, 0.05) is 0 Å². The van der Waals surface area contributed by atoms with Crippen LogP contribution in [0.3, 0.4) is 0 Å². The minimum absolute atomic E-state index is 0.417. The maximum Gasteiger partial charge on any atom is 0.417 e. The Labute approximate surface area is 74.4 Å². The summed E-state index contributed by atoms with van der Waals surface area (Å²) < 4.78 is 4.90. The second-order valence-corrected chi connectivity index (χ2v) is 2.88. The lowest BCUT2D eigenvalue weighted by molar-refractivity contribution is 0.555. The number of rotatable bonds is 2. The summed E-state index contributed by atoms with van der Waals surface area (Å²) in [4.78, 5) is 13.4. The first-order valence-electron chi connectivity index (χ1n) is 4.11. The first-order valence-corrected chi connectivity index (χ1v) is 4.11. The molecule has 0 saturated carbocycles. The number of oxazole rings is 1. The van der Waals surface area contributed by atoms with Crippen molar-refractivity contribution in [3.63, 3.8) is 0 Å². The van der Waals surface area contributed by atoms with E-state index in [9.17, 15) is 4.79 Å². The van der Waals surface area contributed by atoms with Crippen molar-refractivity contribution in [2.24, 2.45) is 5.73 Å². The first-order chi connectivity index (χ1) is 6.29. The number of benzene rings is 1. The van der Waals surface area contributed by atoms with Crippen LogP contribution in [0.15, 0.2) is 27.4 Å². The highest BCUT2D eigenvalue weighted by Gasteiger charge is 2.00. The summed E-state index contributed by atoms with van der Waals surface area (Å²) in [5, 5.41) is 0. The molecule has 0 aliphatic heterocycles. The Morgan fingerprint density at radius 1 is 1.46 bits per heavy atom. The summed E-state index contributed by atoms with van der Waals surface area (Å²) in [7, 11) is 0. The molecular weight excluding hydrogens is 168 g/mol. The average Bonchev–Trinajstić information content (AvgIpc) is 2.44. The van der Waals surface area contributed by atoms with Gasteiger partial charge < -0.3 is 10.2 Å². The number of hydrogen-bond acceptors (Lipinski definition) is 3. The molecule has 2 aromatic rings. The molecule has 0 amide bonds. The van der Waals surface area contributed by atoms with Gasteiger partial charge in [-0.25, -0.2) is 4.79 Å². The maximum absolute atomic E-state index is 10.8. The van der Waals surface area contributed by atoms with Gasteiger partial charge in [-0.3, -0.25) is 4.98 Å². The molecule has 13 heavy (non-hydrogen) atoms. The van der Waals surface area contributed by atoms with Crippen LogP contribution in [0.1, 0.15) is 5.56 Å². The summed E-state index contributed by atoms with van der Waals surface area (Å²) in [5.74, 6) is -0.417. The lowest BCUT2D eigenvalue weighted by Crippen LogP contribution is -2.02. The van der Waals surface area contributed by atoms with E-state index in [0.717, 1.165) is 17.5 Å². The Kier molecular flexibility index (Phi) is 1.90. The molecule has 0 atom stereocenters. The third-order valence-corrected chi connectivity index (χ3v) is 1.92. The van der Waals surface area contributed by atoms with Gasteiger partial charge in [0.1, 0.15) is 0 Å². The van der Waals surface area contributed by atoms with Crippen LogP contribution >= 0.6 is 0 Å². The Morgan fingerprint density at radius 2 is 2.31 bits per heavy atom. The van der Waals surface area contributed by atoms with Gasteiger partial charge >= 0.3 is 5.76 Å².